The minimum atomic E-state index is -0.451. The normalized spacial score (nSPS) is 16.7. The molecule has 1 fully saturated rings. The highest BCUT2D eigenvalue weighted by Gasteiger charge is 2.28. The molecule has 0 aliphatic carbocycles. The molecule has 2 heterocycles. The molecule has 30 heavy (non-hydrogen) atoms. The number of aromatic nitrogens is 2. The number of carbonyl (C=O) groups excluding carboxylic acids is 1. The smallest absolute Gasteiger partial charge is 0.269 e. The number of likely N-dealkylation sites (tertiary alicyclic amines) is 1. The first kappa shape index (κ1) is 19.5. The average Bonchev–Trinajstić information content (AvgIpc) is 3.29. The van der Waals surface area contributed by atoms with Crippen molar-refractivity contribution < 1.29 is 14.2 Å². The quantitative estimate of drug-likeness (QED) is 0.361. The van der Waals surface area contributed by atoms with Crippen LogP contribution >= 0.6 is 0 Å². The van der Waals surface area contributed by atoms with Gasteiger partial charge in [-0.3, -0.25) is 14.9 Å². The highest BCUT2D eigenvalue weighted by atomic mass is 16.6. The van der Waals surface area contributed by atoms with Gasteiger partial charge in [0.1, 0.15) is 0 Å². The molecule has 152 valence electrons. The summed E-state index contributed by atoms with van der Waals surface area (Å²) in [6, 6.07) is 15.7. The summed E-state index contributed by atoms with van der Waals surface area (Å²) in [5.74, 6) is 0.985. The van der Waals surface area contributed by atoms with Crippen molar-refractivity contribution in [3.63, 3.8) is 0 Å². The van der Waals surface area contributed by atoms with Gasteiger partial charge < -0.3 is 9.42 Å². The topological polar surface area (TPSA) is 102 Å². The first-order valence-corrected chi connectivity index (χ1v) is 9.70. The molecule has 0 spiro atoms. The predicted molar refractivity (Wildman–Crippen MR) is 110 cm³/mol. The van der Waals surface area contributed by atoms with Crippen LogP contribution in [0.15, 0.2) is 65.2 Å². The van der Waals surface area contributed by atoms with Gasteiger partial charge in [0.25, 0.3) is 5.69 Å². The molecule has 0 bridgehead atoms. The van der Waals surface area contributed by atoms with Crippen LogP contribution in [0.5, 0.6) is 0 Å². The zero-order valence-corrected chi connectivity index (χ0v) is 16.2. The number of amides is 1. The van der Waals surface area contributed by atoms with Crippen LogP contribution in [0, 0.1) is 10.1 Å². The molecular formula is C22H20N4O4. The minimum Gasteiger partial charge on any atom is -0.339 e. The highest BCUT2D eigenvalue weighted by molar-refractivity contribution is 5.91. The number of benzene rings is 2. The second kappa shape index (κ2) is 8.69. The van der Waals surface area contributed by atoms with Gasteiger partial charge in [0, 0.05) is 36.9 Å². The molecule has 0 unspecified atom stereocenters. The average molecular weight is 404 g/mol. The molecule has 2 aromatic carbocycles. The number of nitro groups is 1. The summed E-state index contributed by atoms with van der Waals surface area (Å²) in [5.41, 5.74) is 1.64. The van der Waals surface area contributed by atoms with E-state index >= 15 is 0 Å². The number of piperidine rings is 1. The third-order valence-corrected chi connectivity index (χ3v) is 5.08. The summed E-state index contributed by atoms with van der Waals surface area (Å²) in [7, 11) is 0. The third kappa shape index (κ3) is 4.43. The fourth-order valence-electron chi connectivity index (χ4n) is 3.46. The lowest BCUT2D eigenvalue weighted by molar-refractivity contribution is -0.384. The third-order valence-electron chi connectivity index (χ3n) is 5.08. The molecule has 0 N–H and O–H groups in total. The molecule has 8 nitrogen and oxygen atoms in total. The Balaban J connectivity index is 1.40. The number of nitrogens with zero attached hydrogens (tertiary/aromatic N) is 4. The van der Waals surface area contributed by atoms with Crippen molar-refractivity contribution in [2.24, 2.45) is 0 Å². The summed E-state index contributed by atoms with van der Waals surface area (Å²) in [4.78, 5) is 29.2. The second-order valence-corrected chi connectivity index (χ2v) is 7.13. The van der Waals surface area contributed by atoms with Crippen LogP contribution in [-0.4, -0.2) is 39.0 Å². The van der Waals surface area contributed by atoms with Crippen LogP contribution in [0.2, 0.25) is 0 Å². The molecular weight excluding hydrogens is 384 g/mol. The van der Waals surface area contributed by atoms with Crippen molar-refractivity contribution in [1.82, 2.24) is 15.0 Å². The minimum absolute atomic E-state index is 0.000405. The van der Waals surface area contributed by atoms with E-state index in [2.05, 4.69) is 10.1 Å². The van der Waals surface area contributed by atoms with E-state index in [1.54, 1.807) is 23.1 Å². The molecule has 1 amide bonds. The predicted octanol–water partition coefficient (Wildman–Crippen LogP) is 4.06. The molecule has 8 heteroatoms. The summed E-state index contributed by atoms with van der Waals surface area (Å²) in [6.45, 7) is 1.18. The van der Waals surface area contributed by atoms with Gasteiger partial charge in [0.05, 0.1) is 10.8 Å². The first-order chi connectivity index (χ1) is 14.6. The van der Waals surface area contributed by atoms with Crippen LogP contribution in [-0.2, 0) is 4.79 Å². The van der Waals surface area contributed by atoms with Gasteiger partial charge in [-0.05, 0) is 36.6 Å². The van der Waals surface area contributed by atoms with E-state index in [-0.39, 0.29) is 17.5 Å². The van der Waals surface area contributed by atoms with E-state index in [0.29, 0.717) is 24.8 Å². The van der Waals surface area contributed by atoms with Crippen molar-refractivity contribution >= 4 is 17.7 Å². The Labute approximate surface area is 173 Å². The molecule has 1 aromatic heterocycles. The maximum absolute atomic E-state index is 12.6. The van der Waals surface area contributed by atoms with Crippen molar-refractivity contribution in [2.45, 2.75) is 18.8 Å². The number of hydrogen-bond acceptors (Lipinski definition) is 6. The number of carbonyl (C=O) groups is 1. The van der Waals surface area contributed by atoms with Crippen LogP contribution < -0.4 is 0 Å². The Kier molecular flexibility index (Phi) is 5.65. The van der Waals surface area contributed by atoms with Crippen LogP contribution in [0.4, 0.5) is 5.69 Å². The standard InChI is InChI=1S/C22H20N4O4/c27-20(13-10-16-8-11-19(12-9-16)26(28)29)25-14-4-7-18(15-25)22-23-21(24-30-22)17-5-2-1-3-6-17/h1-3,5-6,8-13,18H,4,7,14-15H2/b13-10+/t18-/m0/s1. The molecule has 0 saturated carbocycles. The number of hydrogen-bond donors (Lipinski definition) is 0. The Morgan fingerprint density at radius 3 is 2.67 bits per heavy atom. The number of rotatable bonds is 5. The van der Waals surface area contributed by atoms with Crippen molar-refractivity contribution in [3.8, 4) is 11.4 Å². The Bertz CT molecular complexity index is 1060. The lowest BCUT2D eigenvalue weighted by Gasteiger charge is -2.30. The zero-order valence-electron chi connectivity index (χ0n) is 16.2. The van der Waals surface area contributed by atoms with Gasteiger partial charge in [0.15, 0.2) is 0 Å². The van der Waals surface area contributed by atoms with Crippen LogP contribution in [0.25, 0.3) is 17.5 Å². The molecule has 1 aliphatic rings. The highest BCUT2D eigenvalue weighted by Crippen LogP contribution is 2.27. The zero-order chi connectivity index (χ0) is 20.9. The van der Waals surface area contributed by atoms with E-state index in [4.69, 9.17) is 4.52 Å². The molecule has 3 aromatic rings. The van der Waals surface area contributed by atoms with E-state index in [9.17, 15) is 14.9 Å². The van der Waals surface area contributed by atoms with Gasteiger partial charge >= 0.3 is 0 Å². The first-order valence-electron chi connectivity index (χ1n) is 9.70. The van der Waals surface area contributed by atoms with Crippen LogP contribution in [0.1, 0.15) is 30.2 Å². The number of non-ortho nitro benzene ring substituents is 1. The van der Waals surface area contributed by atoms with E-state index in [1.807, 2.05) is 30.3 Å². The van der Waals surface area contributed by atoms with Gasteiger partial charge in [-0.25, -0.2) is 0 Å². The molecule has 0 radical (unpaired) electrons. The fourth-order valence-corrected chi connectivity index (χ4v) is 3.46. The maximum Gasteiger partial charge on any atom is 0.269 e. The lowest BCUT2D eigenvalue weighted by Crippen LogP contribution is -2.38. The second-order valence-electron chi connectivity index (χ2n) is 7.13. The lowest BCUT2D eigenvalue weighted by atomic mass is 9.98. The molecule has 4 rings (SSSR count). The van der Waals surface area contributed by atoms with E-state index in [1.165, 1.54) is 18.2 Å². The molecule has 1 saturated heterocycles. The number of nitro benzene ring substituents is 1. The summed E-state index contributed by atoms with van der Waals surface area (Å²) >= 11 is 0. The van der Waals surface area contributed by atoms with Gasteiger partial charge in [-0.1, -0.05) is 35.5 Å². The van der Waals surface area contributed by atoms with Gasteiger partial charge in [-0.15, -0.1) is 0 Å². The van der Waals surface area contributed by atoms with Crippen molar-refractivity contribution in [2.75, 3.05) is 13.1 Å². The summed E-state index contributed by atoms with van der Waals surface area (Å²) < 4.78 is 5.47. The van der Waals surface area contributed by atoms with E-state index < -0.39 is 4.92 Å². The summed E-state index contributed by atoms with van der Waals surface area (Å²) in [6.07, 6.45) is 4.89. The Hall–Kier alpha value is -3.81. The van der Waals surface area contributed by atoms with Gasteiger partial charge in [-0.2, -0.15) is 4.98 Å². The van der Waals surface area contributed by atoms with Crippen molar-refractivity contribution in [1.29, 1.82) is 0 Å². The Morgan fingerprint density at radius 1 is 1.17 bits per heavy atom. The Morgan fingerprint density at radius 2 is 1.93 bits per heavy atom. The largest absolute Gasteiger partial charge is 0.339 e. The maximum atomic E-state index is 12.6. The monoisotopic (exact) mass is 404 g/mol. The van der Waals surface area contributed by atoms with Gasteiger partial charge in [0.2, 0.25) is 17.6 Å². The fraction of sp³-hybridized carbons (Fsp3) is 0.227. The van der Waals surface area contributed by atoms with E-state index in [0.717, 1.165) is 24.0 Å². The molecule has 1 aliphatic heterocycles. The SMILES string of the molecule is O=C(/C=C/c1ccc([N+](=O)[O-])cc1)N1CCC[C@H](c2nc(-c3ccccc3)no2)C1. The molecule has 1 atom stereocenters. The van der Waals surface area contributed by atoms with Crippen LogP contribution in [0.3, 0.4) is 0 Å². The van der Waals surface area contributed by atoms with Crippen molar-refractivity contribution in [3.05, 3.63) is 82.2 Å². The summed E-state index contributed by atoms with van der Waals surface area (Å²) in [5, 5.41) is 14.8.